The number of urea groups is 1. The summed E-state index contributed by atoms with van der Waals surface area (Å²) in [6.45, 7) is 2.50. The first-order chi connectivity index (χ1) is 9.95. The Morgan fingerprint density at radius 2 is 2.29 bits per heavy atom. The van der Waals surface area contributed by atoms with Gasteiger partial charge in [-0.25, -0.2) is 9.18 Å². The van der Waals surface area contributed by atoms with Crippen LogP contribution in [0.5, 0.6) is 0 Å². The fourth-order valence-electron chi connectivity index (χ4n) is 2.10. The fraction of sp³-hybridized carbons (Fsp3) is 0.429. The third kappa shape index (κ3) is 4.16. The summed E-state index contributed by atoms with van der Waals surface area (Å²) in [5.74, 6) is -1.36. The minimum Gasteiger partial charge on any atom is -0.481 e. The van der Waals surface area contributed by atoms with Crippen molar-refractivity contribution in [3.63, 3.8) is 0 Å². The van der Waals surface area contributed by atoms with E-state index >= 15 is 0 Å². The van der Waals surface area contributed by atoms with Gasteiger partial charge < -0.3 is 20.1 Å². The smallest absolute Gasteiger partial charge is 0.322 e. The Balaban J connectivity index is 1.96. The molecular formula is C14H17FN2O4. The number of carboxylic acids is 1. The highest BCUT2D eigenvalue weighted by atomic mass is 19.1. The lowest BCUT2D eigenvalue weighted by Crippen LogP contribution is -2.47. The number of hydrogen-bond acceptors (Lipinski definition) is 3. The van der Waals surface area contributed by atoms with Gasteiger partial charge in [-0.3, -0.25) is 4.79 Å². The van der Waals surface area contributed by atoms with Crippen molar-refractivity contribution >= 4 is 17.7 Å². The number of aliphatic carboxylic acids is 1. The van der Waals surface area contributed by atoms with Gasteiger partial charge in [-0.2, -0.15) is 0 Å². The van der Waals surface area contributed by atoms with Crippen molar-refractivity contribution in [2.75, 3.05) is 25.0 Å². The third-order valence-electron chi connectivity index (χ3n) is 3.25. The minimum absolute atomic E-state index is 0.150. The van der Waals surface area contributed by atoms with Gasteiger partial charge in [-0.1, -0.05) is 6.07 Å². The number of carboxylic acid groups (broad SMARTS) is 1. The topological polar surface area (TPSA) is 78.9 Å². The highest BCUT2D eigenvalue weighted by Gasteiger charge is 2.26. The normalized spacial score (nSPS) is 18.4. The Labute approximate surface area is 121 Å². The first kappa shape index (κ1) is 15.2. The molecule has 0 radical (unpaired) electrons. The Hall–Kier alpha value is -2.15. The Bertz CT molecular complexity index is 550. The van der Waals surface area contributed by atoms with Gasteiger partial charge in [0.2, 0.25) is 0 Å². The largest absolute Gasteiger partial charge is 0.481 e. The fourth-order valence-corrected chi connectivity index (χ4v) is 2.10. The van der Waals surface area contributed by atoms with E-state index in [0.717, 1.165) is 0 Å². The average molecular weight is 296 g/mol. The number of benzene rings is 1. The van der Waals surface area contributed by atoms with Crippen LogP contribution in [0.2, 0.25) is 0 Å². The van der Waals surface area contributed by atoms with Gasteiger partial charge in [0.15, 0.2) is 0 Å². The Kier molecular flexibility index (Phi) is 4.74. The zero-order chi connectivity index (χ0) is 15.4. The molecule has 1 unspecified atom stereocenters. The summed E-state index contributed by atoms with van der Waals surface area (Å²) in [7, 11) is 0. The highest BCUT2D eigenvalue weighted by Crippen LogP contribution is 2.15. The quantitative estimate of drug-likeness (QED) is 0.892. The lowest BCUT2D eigenvalue weighted by atomic mass is 10.2. The number of ether oxygens (including phenoxy) is 1. The lowest BCUT2D eigenvalue weighted by molar-refractivity contribution is -0.141. The molecule has 6 nitrogen and oxygen atoms in total. The van der Waals surface area contributed by atoms with E-state index < -0.39 is 23.9 Å². The third-order valence-corrected chi connectivity index (χ3v) is 3.25. The van der Waals surface area contributed by atoms with Crippen molar-refractivity contribution in [3.05, 3.63) is 29.6 Å². The first-order valence-electron chi connectivity index (χ1n) is 6.61. The van der Waals surface area contributed by atoms with E-state index in [1.165, 1.54) is 11.0 Å². The predicted molar refractivity (Wildman–Crippen MR) is 73.7 cm³/mol. The molecule has 1 aromatic rings. The standard InChI is InChI=1S/C14H17FN2O4/c1-9-2-3-10(6-12(9)15)16-14(20)17-4-5-21-11(8-17)7-13(18)19/h2-3,6,11H,4-5,7-8H2,1H3,(H,16,20)(H,18,19). The van der Waals surface area contributed by atoms with E-state index in [-0.39, 0.29) is 19.6 Å². The molecule has 0 spiro atoms. The molecule has 2 N–H and O–H groups in total. The number of halogens is 1. The molecule has 1 heterocycles. The van der Waals surface area contributed by atoms with Gasteiger partial charge >= 0.3 is 12.0 Å². The number of nitrogens with one attached hydrogen (secondary N) is 1. The van der Waals surface area contributed by atoms with Crippen molar-refractivity contribution in [1.29, 1.82) is 0 Å². The monoisotopic (exact) mass is 296 g/mol. The van der Waals surface area contributed by atoms with Crippen LogP contribution in [0.3, 0.4) is 0 Å². The lowest BCUT2D eigenvalue weighted by Gasteiger charge is -2.32. The summed E-state index contributed by atoms with van der Waals surface area (Å²) in [5.41, 5.74) is 0.866. The molecule has 0 saturated carbocycles. The number of carbonyl (C=O) groups excluding carboxylic acids is 1. The summed E-state index contributed by atoms with van der Waals surface area (Å²) >= 11 is 0. The van der Waals surface area contributed by atoms with Gasteiger partial charge in [-0.15, -0.1) is 0 Å². The summed E-state index contributed by atoms with van der Waals surface area (Å²) in [5, 5.41) is 11.3. The number of nitrogens with zero attached hydrogens (tertiary/aromatic N) is 1. The number of morpholine rings is 1. The summed E-state index contributed by atoms with van der Waals surface area (Å²) in [4.78, 5) is 24.2. The highest BCUT2D eigenvalue weighted by molar-refractivity contribution is 5.89. The van der Waals surface area contributed by atoms with Crippen LogP contribution >= 0.6 is 0 Å². The van der Waals surface area contributed by atoms with E-state index in [9.17, 15) is 14.0 Å². The molecule has 2 amide bonds. The first-order valence-corrected chi connectivity index (χ1v) is 6.61. The van der Waals surface area contributed by atoms with E-state index in [2.05, 4.69) is 5.32 Å². The molecule has 0 bridgehead atoms. The Morgan fingerprint density at radius 3 is 2.95 bits per heavy atom. The SMILES string of the molecule is Cc1ccc(NC(=O)N2CCOC(CC(=O)O)C2)cc1F. The zero-order valence-corrected chi connectivity index (χ0v) is 11.6. The maximum atomic E-state index is 13.4. The van der Waals surface area contributed by atoms with E-state index in [0.29, 0.717) is 17.8 Å². The van der Waals surface area contributed by atoms with Crippen LogP contribution in [-0.4, -0.2) is 47.8 Å². The molecule has 0 aliphatic carbocycles. The van der Waals surface area contributed by atoms with Crippen molar-refractivity contribution < 1.29 is 23.8 Å². The predicted octanol–water partition coefficient (Wildman–Crippen LogP) is 1.84. The van der Waals surface area contributed by atoms with Crippen molar-refractivity contribution in [2.45, 2.75) is 19.4 Å². The summed E-state index contributed by atoms with van der Waals surface area (Å²) in [6.07, 6.45) is -0.667. The molecule has 1 saturated heterocycles. The molecule has 7 heteroatoms. The van der Waals surface area contributed by atoms with Crippen molar-refractivity contribution in [1.82, 2.24) is 4.90 Å². The van der Waals surface area contributed by atoms with E-state index in [1.807, 2.05) is 0 Å². The van der Waals surface area contributed by atoms with Gasteiger partial charge in [0.25, 0.3) is 0 Å². The second-order valence-corrected chi connectivity index (χ2v) is 4.93. The molecule has 2 rings (SSSR count). The zero-order valence-electron chi connectivity index (χ0n) is 11.6. The van der Waals surface area contributed by atoms with Crippen LogP contribution in [0.1, 0.15) is 12.0 Å². The number of anilines is 1. The maximum Gasteiger partial charge on any atom is 0.322 e. The van der Waals surface area contributed by atoms with E-state index in [1.54, 1.807) is 19.1 Å². The second-order valence-electron chi connectivity index (χ2n) is 4.93. The molecule has 114 valence electrons. The maximum absolute atomic E-state index is 13.4. The number of rotatable bonds is 3. The number of aryl methyl sites for hydroxylation is 1. The van der Waals surface area contributed by atoms with Gasteiger partial charge in [0.1, 0.15) is 5.82 Å². The van der Waals surface area contributed by atoms with Crippen LogP contribution < -0.4 is 5.32 Å². The van der Waals surface area contributed by atoms with Crippen LogP contribution in [0, 0.1) is 12.7 Å². The van der Waals surface area contributed by atoms with Crippen LogP contribution in [0.25, 0.3) is 0 Å². The summed E-state index contributed by atoms with van der Waals surface area (Å²) < 4.78 is 18.7. The number of amides is 2. The molecule has 1 aliphatic rings. The second kappa shape index (κ2) is 6.53. The molecule has 21 heavy (non-hydrogen) atoms. The molecule has 0 aromatic heterocycles. The summed E-state index contributed by atoms with van der Waals surface area (Å²) in [6, 6.07) is 4.06. The molecule has 1 aliphatic heterocycles. The number of carbonyl (C=O) groups is 2. The number of hydrogen-bond donors (Lipinski definition) is 2. The van der Waals surface area contributed by atoms with Crippen LogP contribution in [0.4, 0.5) is 14.9 Å². The Morgan fingerprint density at radius 1 is 1.52 bits per heavy atom. The van der Waals surface area contributed by atoms with Crippen LogP contribution in [0.15, 0.2) is 18.2 Å². The van der Waals surface area contributed by atoms with Gasteiger partial charge in [0, 0.05) is 18.8 Å². The van der Waals surface area contributed by atoms with E-state index in [4.69, 9.17) is 9.84 Å². The minimum atomic E-state index is -0.970. The van der Waals surface area contributed by atoms with Gasteiger partial charge in [-0.05, 0) is 24.6 Å². The average Bonchev–Trinajstić information content (AvgIpc) is 2.42. The van der Waals surface area contributed by atoms with Crippen molar-refractivity contribution in [2.24, 2.45) is 0 Å². The van der Waals surface area contributed by atoms with Crippen LogP contribution in [-0.2, 0) is 9.53 Å². The molecule has 1 aromatic carbocycles. The molecular weight excluding hydrogens is 279 g/mol. The van der Waals surface area contributed by atoms with Crippen molar-refractivity contribution in [3.8, 4) is 0 Å². The molecule has 1 atom stereocenters. The molecule has 1 fully saturated rings. The van der Waals surface area contributed by atoms with Gasteiger partial charge in [0.05, 0.1) is 19.1 Å².